The highest BCUT2D eigenvalue weighted by atomic mass is 19.4. The van der Waals surface area contributed by atoms with E-state index in [-0.39, 0.29) is 22.3 Å². The van der Waals surface area contributed by atoms with Crippen LogP contribution in [0.2, 0.25) is 0 Å². The number of carbonyl (C=O) groups is 2. The van der Waals surface area contributed by atoms with Crippen LogP contribution in [0.4, 0.5) is 18.9 Å². The number of amides is 1. The van der Waals surface area contributed by atoms with Crippen molar-refractivity contribution in [3.05, 3.63) is 29.5 Å². The van der Waals surface area contributed by atoms with Crippen molar-refractivity contribution in [3.63, 3.8) is 0 Å². The minimum absolute atomic E-state index is 0.144. The Bertz CT molecular complexity index is 803. The summed E-state index contributed by atoms with van der Waals surface area (Å²) in [6.45, 7) is 1.22. The zero-order valence-corrected chi connectivity index (χ0v) is 12.0. The number of nitrogens with zero attached hydrogens (tertiary/aromatic N) is 1. The van der Waals surface area contributed by atoms with Gasteiger partial charge in [-0.25, -0.2) is 9.78 Å². The number of fused-ring (bicyclic) bond motifs is 1. The maximum absolute atomic E-state index is 13.2. The fourth-order valence-electron chi connectivity index (χ4n) is 2.10. The molecule has 0 aliphatic carbocycles. The van der Waals surface area contributed by atoms with Gasteiger partial charge < -0.3 is 15.2 Å². The third-order valence-corrected chi connectivity index (χ3v) is 2.94. The number of carboxylic acid groups (broad SMARTS) is 1. The van der Waals surface area contributed by atoms with E-state index in [1.807, 2.05) is 0 Å². The molecule has 0 aliphatic rings. The van der Waals surface area contributed by atoms with E-state index in [0.29, 0.717) is 6.07 Å². The highest BCUT2D eigenvalue weighted by molar-refractivity contribution is 5.98. The molecule has 2 N–H and O–H groups in total. The van der Waals surface area contributed by atoms with Gasteiger partial charge in [0.15, 0.2) is 0 Å². The second kappa shape index (κ2) is 5.75. The number of anilines is 1. The second-order valence-electron chi connectivity index (χ2n) is 4.61. The van der Waals surface area contributed by atoms with Gasteiger partial charge >= 0.3 is 12.1 Å². The molecule has 0 saturated carbocycles. The average molecular weight is 328 g/mol. The molecule has 0 fully saturated rings. The summed E-state index contributed by atoms with van der Waals surface area (Å²) >= 11 is 0. The number of pyridine rings is 1. The van der Waals surface area contributed by atoms with Crippen molar-refractivity contribution in [2.24, 2.45) is 0 Å². The maximum Gasteiger partial charge on any atom is 0.417 e. The van der Waals surface area contributed by atoms with Crippen molar-refractivity contribution < 1.29 is 32.6 Å². The van der Waals surface area contributed by atoms with Crippen LogP contribution >= 0.6 is 0 Å². The van der Waals surface area contributed by atoms with Crippen LogP contribution in [0.15, 0.2) is 18.2 Å². The summed E-state index contributed by atoms with van der Waals surface area (Å²) in [6.07, 6.45) is -4.80. The van der Waals surface area contributed by atoms with Gasteiger partial charge in [0, 0.05) is 18.7 Å². The molecular formula is C14H11F3N2O4. The van der Waals surface area contributed by atoms with Gasteiger partial charge in [-0.15, -0.1) is 0 Å². The number of carboxylic acids is 1. The van der Waals surface area contributed by atoms with Crippen LogP contribution in [0.25, 0.3) is 10.9 Å². The SMILES string of the molecule is COc1cc(NC(C)=O)cc2nc(C(=O)O)cc(C(F)(F)F)c12. The number of nitrogens with one attached hydrogen (secondary N) is 1. The molecular weight excluding hydrogens is 317 g/mol. The highest BCUT2D eigenvalue weighted by Gasteiger charge is 2.35. The van der Waals surface area contributed by atoms with Crippen molar-refractivity contribution in [2.45, 2.75) is 13.1 Å². The van der Waals surface area contributed by atoms with Crippen LogP contribution in [-0.4, -0.2) is 29.1 Å². The lowest BCUT2D eigenvalue weighted by Gasteiger charge is -2.15. The highest BCUT2D eigenvalue weighted by Crippen LogP contribution is 2.40. The first-order valence-electron chi connectivity index (χ1n) is 6.24. The Morgan fingerprint density at radius 2 is 1.91 bits per heavy atom. The molecule has 0 saturated heterocycles. The maximum atomic E-state index is 13.2. The van der Waals surface area contributed by atoms with E-state index >= 15 is 0 Å². The van der Waals surface area contributed by atoms with Gasteiger partial charge in [-0.05, 0) is 12.1 Å². The van der Waals surface area contributed by atoms with Gasteiger partial charge in [-0.3, -0.25) is 4.79 Å². The lowest BCUT2D eigenvalue weighted by atomic mass is 10.0. The molecule has 1 aromatic carbocycles. The van der Waals surface area contributed by atoms with Crippen LogP contribution in [0.1, 0.15) is 23.0 Å². The van der Waals surface area contributed by atoms with Crippen LogP contribution in [0.3, 0.4) is 0 Å². The third-order valence-electron chi connectivity index (χ3n) is 2.94. The Morgan fingerprint density at radius 3 is 2.39 bits per heavy atom. The number of aromatic carboxylic acids is 1. The number of alkyl halides is 3. The molecule has 6 nitrogen and oxygen atoms in total. The number of rotatable bonds is 3. The van der Waals surface area contributed by atoms with Crippen molar-refractivity contribution >= 4 is 28.5 Å². The lowest BCUT2D eigenvalue weighted by Crippen LogP contribution is -2.12. The van der Waals surface area contributed by atoms with Gasteiger partial charge in [0.2, 0.25) is 5.91 Å². The molecule has 23 heavy (non-hydrogen) atoms. The Hall–Kier alpha value is -2.84. The van der Waals surface area contributed by atoms with Gasteiger partial charge in [0.05, 0.1) is 23.6 Å². The molecule has 1 aromatic heterocycles. The largest absolute Gasteiger partial charge is 0.496 e. The smallest absolute Gasteiger partial charge is 0.417 e. The van der Waals surface area contributed by atoms with Crippen molar-refractivity contribution in [1.29, 1.82) is 0 Å². The first-order valence-corrected chi connectivity index (χ1v) is 6.24. The third kappa shape index (κ3) is 3.33. The van der Waals surface area contributed by atoms with Gasteiger partial charge in [-0.1, -0.05) is 0 Å². The Balaban J connectivity index is 2.87. The van der Waals surface area contributed by atoms with Crippen molar-refractivity contribution in [2.75, 3.05) is 12.4 Å². The molecule has 2 rings (SSSR count). The zero-order chi connectivity index (χ0) is 17.4. The summed E-state index contributed by atoms with van der Waals surface area (Å²) in [7, 11) is 1.16. The molecule has 0 aliphatic heterocycles. The number of benzene rings is 1. The van der Waals surface area contributed by atoms with E-state index in [1.165, 1.54) is 13.0 Å². The number of ether oxygens (including phenoxy) is 1. The normalized spacial score (nSPS) is 11.3. The summed E-state index contributed by atoms with van der Waals surface area (Å²) in [4.78, 5) is 25.8. The Morgan fingerprint density at radius 1 is 1.26 bits per heavy atom. The average Bonchev–Trinajstić information content (AvgIpc) is 2.43. The zero-order valence-electron chi connectivity index (χ0n) is 12.0. The molecule has 122 valence electrons. The monoisotopic (exact) mass is 328 g/mol. The number of hydrogen-bond acceptors (Lipinski definition) is 4. The topological polar surface area (TPSA) is 88.5 Å². The molecule has 9 heteroatoms. The fourth-order valence-corrected chi connectivity index (χ4v) is 2.10. The van der Waals surface area contributed by atoms with Crippen LogP contribution in [0, 0.1) is 0 Å². The molecule has 0 radical (unpaired) electrons. The van der Waals surface area contributed by atoms with E-state index in [9.17, 15) is 22.8 Å². The predicted molar refractivity (Wildman–Crippen MR) is 74.6 cm³/mol. The quantitative estimate of drug-likeness (QED) is 0.904. The number of aromatic nitrogens is 1. The van der Waals surface area contributed by atoms with Crippen LogP contribution < -0.4 is 10.1 Å². The number of methoxy groups -OCH3 is 1. The molecule has 1 amide bonds. The van der Waals surface area contributed by atoms with Crippen LogP contribution in [-0.2, 0) is 11.0 Å². The Labute approximate surface area is 127 Å². The molecule has 0 spiro atoms. The second-order valence-corrected chi connectivity index (χ2v) is 4.61. The van der Waals surface area contributed by atoms with Gasteiger partial charge in [-0.2, -0.15) is 13.2 Å². The van der Waals surface area contributed by atoms with Crippen molar-refractivity contribution in [3.8, 4) is 5.75 Å². The summed E-state index contributed by atoms with van der Waals surface area (Å²) in [5.74, 6) is -2.22. The summed E-state index contributed by atoms with van der Waals surface area (Å²) in [5.41, 5.74) is -2.04. The van der Waals surface area contributed by atoms with Crippen molar-refractivity contribution in [1.82, 2.24) is 4.98 Å². The van der Waals surface area contributed by atoms with E-state index in [4.69, 9.17) is 9.84 Å². The number of halogens is 3. The fraction of sp³-hybridized carbons (Fsp3) is 0.214. The molecule has 0 atom stereocenters. The number of carbonyl (C=O) groups excluding carboxylic acids is 1. The van der Waals surface area contributed by atoms with Gasteiger partial charge in [0.1, 0.15) is 11.4 Å². The van der Waals surface area contributed by atoms with E-state index in [0.717, 1.165) is 13.2 Å². The Kier molecular flexibility index (Phi) is 4.13. The minimum atomic E-state index is -4.80. The molecule has 2 aromatic rings. The first-order chi connectivity index (χ1) is 10.6. The summed E-state index contributed by atoms with van der Waals surface area (Å²) < 4.78 is 44.7. The number of hydrogen-bond donors (Lipinski definition) is 2. The summed E-state index contributed by atoms with van der Waals surface area (Å²) in [5, 5.41) is 11.0. The van der Waals surface area contributed by atoms with Crippen LogP contribution in [0.5, 0.6) is 5.75 Å². The summed E-state index contributed by atoms with van der Waals surface area (Å²) in [6, 6.07) is 2.81. The molecule has 0 unspecified atom stereocenters. The minimum Gasteiger partial charge on any atom is -0.496 e. The van der Waals surface area contributed by atoms with E-state index < -0.39 is 29.3 Å². The van der Waals surface area contributed by atoms with E-state index in [1.54, 1.807) is 0 Å². The van der Waals surface area contributed by atoms with E-state index in [2.05, 4.69) is 10.3 Å². The molecule has 0 bridgehead atoms. The van der Waals surface area contributed by atoms with Gasteiger partial charge in [0.25, 0.3) is 0 Å². The molecule has 1 heterocycles. The predicted octanol–water partition coefficient (Wildman–Crippen LogP) is 2.92. The lowest BCUT2D eigenvalue weighted by molar-refractivity contribution is -0.136. The first kappa shape index (κ1) is 16.5. The standard InChI is InChI=1S/C14H11F3N2O4/c1-6(20)18-7-3-9-12(11(4-7)23-2)8(14(15,16)17)5-10(19-9)13(21)22/h3-5H,1-2H3,(H,18,20)(H,21,22).